The van der Waals surface area contributed by atoms with Gasteiger partial charge in [0.25, 0.3) is 10.1 Å². The number of hydrogen-bond donors (Lipinski definition) is 1. The van der Waals surface area contributed by atoms with Gasteiger partial charge in [0.2, 0.25) is 0 Å². The van der Waals surface area contributed by atoms with E-state index in [0.29, 0.717) is 18.8 Å². The molecule has 164 valence electrons. The molecule has 29 heavy (non-hydrogen) atoms. The number of hydrogen-bond acceptors (Lipinski definition) is 6. The van der Waals surface area contributed by atoms with Crippen LogP contribution in [0.4, 0.5) is 0 Å². The third-order valence-electron chi connectivity index (χ3n) is 5.58. The van der Waals surface area contributed by atoms with Crippen molar-refractivity contribution in [3.05, 3.63) is 29.8 Å². The number of ether oxygens (including phenoxy) is 1. The summed E-state index contributed by atoms with van der Waals surface area (Å²) in [7, 11) is -3.77. The monoisotopic (exact) mass is 426 g/mol. The minimum atomic E-state index is -3.77. The van der Waals surface area contributed by atoms with Gasteiger partial charge in [0.15, 0.2) is 0 Å². The second-order valence-corrected chi connectivity index (χ2v) is 9.74. The molecule has 0 spiro atoms. The minimum absolute atomic E-state index is 0.135. The maximum atomic E-state index is 12.0. The lowest BCUT2D eigenvalue weighted by molar-refractivity contribution is -0.150. The van der Waals surface area contributed by atoms with Gasteiger partial charge >= 0.3 is 5.97 Å². The van der Waals surface area contributed by atoms with E-state index in [1.54, 1.807) is 12.1 Å². The lowest BCUT2D eigenvalue weighted by atomic mass is 9.88. The van der Waals surface area contributed by atoms with E-state index in [1.807, 2.05) is 6.92 Å². The van der Waals surface area contributed by atoms with Gasteiger partial charge in [0.05, 0.1) is 11.0 Å². The SMILES string of the molecule is CC(=O)O[C@H]1CCCC[C@H]1C.Cc1ccc(S(=O)(=O)O[C@H]2CCCC[C@H]2O)cc1. The maximum absolute atomic E-state index is 12.0. The van der Waals surface area contributed by atoms with Crippen LogP contribution >= 0.6 is 0 Å². The molecule has 1 aromatic rings. The van der Waals surface area contributed by atoms with Crippen LogP contribution in [0.25, 0.3) is 0 Å². The molecule has 0 saturated heterocycles. The fourth-order valence-electron chi connectivity index (χ4n) is 3.78. The Kier molecular flexibility index (Phi) is 9.11. The largest absolute Gasteiger partial charge is 0.462 e. The molecular formula is C22H34O6S. The Morgan fingerprint density at radius 2 is 1.52 bits per heavy atom. The summed E-state index contributed by atoms with van der Waals surface area (Å²) in [6.45, 7) is 5.54. The molecule has 0 amide bonds. The van der Waals surface area contributed by atoms with E-state index < -0.39 is 22.3 Å². The predicted octanol–water partition coefficient (Wildman–Crippen LogP) is 4.13. The number of aliphatic hydroxyl groups excluding tert-OH is 1. The molecule has 0 unspecified atom stereocenters. The molecule has 2 fully saturated rings. The second kappa shape index (κ2) is 11.1. The van der Waals surface area contributed by atoms with Gasteiger partial charge in [-0.25, -0.2) is 0 Å². The molecule has 0 aromatic heterocycles. The molecule has 0 radical (unpaired) electrons. The van der Waals surface area contributed by atoms with Gasteiger partial charge in [-0.3, -0.25) is 8.98 Å². The van der Waals surface area contributed by atoms with Crippen molar-refractivity contribution in [1.82, 2.24) is 0 Å². The standard InChI is InChI=1S/C13H18O4S.C9H16O2/c1-10-6-8-11(9-7-10)18(15,16)17-13-5-3-2-4-12(13)14;1-7-5-3-4-6-9(7)11-8(2)10/h6-9,12-14H,2-5H2,1H3;7,9H,3-6H2,1-2H3/t12-,13+;7-,9+/m11/s1. The van der Waals surface area contributed by atoms with Gasteiger partial charge in [-0.1, -0.05) is 43.9 Å². The Morgan fingerprint density at radius 1 is 0.966 bits per heavy atom. The minimum Gasteiger partial charge on any atom is -0.462 e. The average Bonchev–Trinajstić information content (AvgIpc) is 2.66. The van der Waals surface area contributed by atoms with Gasteiger partial charge in [-0.2, -0.15) is 8.42 Å². The van der Waals surface area contributed by atoms with Crippen LogP contribution in [0.2, 0.25) is 0 Å². The van der Waals surface area contributed by atoms with Crippen molar-refractivity contribution in [3.63, 3.8) is 0 Å². The normalized spacial score (nSPS) is 27.4. The van der Waals surface area contributed by atoms with Crippen molar-refractivity contribution in [2.45, 2.75) is 95.3 Å². The predicted molar refractivity (Wildman–Crippen MR) is 111 cm³/mol. The first-order valence-corrected chi connectivity index (χ1v) is 11.9. The molecule has 4 atom stereocenters. The molecule has 3 rings (SSSR count). The molecule has 2 saturated carbocycles. The summed E-state index contributed by atoms with van der Waals surface area (Å²) in [4.78, 5) is 10.8. The lowest BCUT2D eigenvalue weighted by Crippen LogP contribution is -2.34. The summed E-state index contributed by atoms with van der Waals surface area (Å²) in [5, 5.41) is 9.73. The molecule has 2 aliphatic carbocycles. The van der Waals surface area contributed by atoms with E-state index in [1.165, 1.54) is 38.3 Å². The van der Waals surface area contributed by atoms with Crippen molar-refractivity contribution < 1.29 is 27.2 Å². The molecule has 0 heterocycles. The zero-order valence-electron chi connectivity index (χ0n) is 17.7. The van der Waals surface area contributed by atoms with E-state index in [9.17, 15) is 18.3 Å². The third-order valence-corrected chi connectivity index (χ3v) is 6.93. The number of benzene rings is 1. The lowest BCUT2D eigenvalue weighted by Gasteiger charge is -2.27. The van der Waals surface area contributed by atoms with Gasteiger partial charge in [0, 0.05) is 6.92 Å². The van der Waals surface area contributed by atoms with Gasteiger partial charge in [-0.05, 0) is 57.1 Å². The molecule has 7 heteroatoms. The van der Waals surface area contributed by atoms with Crippen molar-refractivity contribution >= 4 is 16.1 Å². The first kappa shape index (κ1) is 23.8. The quantitative estimate of drug-likeness (QED) is 0.575. The Bertz CT molecular complexity index is 743. The average molecular weight is 427 g/mol. The molecule has 1 N–H and O–H groups in total. The summed E-state index contributed by atoms with van der Waals surface area (Å²) in [6.07, 6.45) is 6.68. The molecule has 0 aliphatic heterocycles. The maximum Gasteiger partial charge on any atom is 0.302 e. The summed E-state index contributed by atoms with van der Waals surface area (Å²) in [6, 6.07) is 6.51. The van der Waals surface area contributed by atoms with Gasteiger partial charge < -0.3 is 9.84 Å². The van der Waals surface area contributed by atoms with Crippen molar-refractivity contribution in [3.8, 4) is 0 Å². The number of carbonyl (C=O) groups excluding carboxylic acids is 1. The summed E-state index contributed by atoms with van der Waals surface area (Å²) in [5.74, 6) is 0.427. The van der Waals surface area contributed by atoms with Crippen LogP contribution in [0.15, 0.2) is 29.2 Å². The van der Waals surface area contributed by atoms with E-state index in [4.69, 9.17) is 8.92 Å². The Labute approximate surface area is 174 Å². The Balaban J connectivity index is 0.000000234. The van der Waals surface area contributed by atoms with Crippen LogP contribution in [-0.2, 0) is 23.8 Å². The van der Waals surface area contributed by atoms with E-state index in [2.05, 4.69) is 6.92 Å². The fraction of sp³-hybridized carbons (Fsp3) is 0.682. The third kappa shape index (κ3) is 7.72. The zero-order valence-corrected chi connectivity index (χ0v) is 18.5. The number of aryl methyl sites for hydroxylation is 1. The van der Waals surface area contributed by atoms with E-state index >= 15 is 0 Å². The summed E-state index contributed by atoms with van der Waals surface area (Å²) >= 11 is 0. The second-order valence-electron chi connectivity index (χ2n) is 8.16. The Morgan fingerprint density at radius 3 is 2.07 bits per heavy atom. The molecule has 6 nitrogen and oxygen atoms in total. The molecule has 0 bridgehead atoms. The van der Waals surface area contributed by atoms with Gasteiger partial charge in [-0.15, -0.1) is 0 Å². The van der Waals surface area contributed by atoms with Crippen molar-refractivity contribution in [1.29, 1.82) is 0 Å². The van der Waals surface area contributed by atoms with E-state index in [0.717, 1.165) is 24.8 Å². The first-order chi connectivity index (χ1) is 13.7. The highest BCUT2D eigenvalue weighted by Crippen LogP contribution is 2.26. The van der Waals surface area contributed by atoms with Crippen LogP contribution in [0.3, 0.4) is 0 Å². The van der Waals surface area contributed by atoms with Crippen LogP contribution in [0.5, 0.6) is 0 Å². The van der Waals surface area contributed by atoms with Crippen LogP contribution < -0.4 is 0 Å². The Hall–Kier alpha value is -1.44. The molecule has 2 aliphatic rings. The highest BCUT2D eigenvalue weighted by molar-refractivity contribution is 7.86. The number of rotatable bonds is 4. The number of esters is 1. The summed E-state index contributed by atoms with van der Waals surface area (Å²) in [5.41, 5.74) is 0.992. The first-order valence-electron chi connectivity index (χ1n) is 10.5. The highest BCUT2D eigenvalue weighted by Gasteiger charge is 2.29. The van der Waals surface area contributed by atoms with Crippen LogP contribution in [0, 0.1) is 12.8 Å². The van der Waals surface area contributed by atoms with Crippen LogP contribution in [0.1, 0.15) is 70.8 Å². The van der Waals surface area contributed by atoms with Crippen molar-refractivity contribution in [2.75, 3.05) is 0 Å². The molecule has 1 aromatic carbocycles. The molecular weight excluding hydrogens is 392 g/mol. The van der Waals surface area contributed by atoms with E-state index in [-0.39, 0.29) is 17.0 Å². The van der Waals surface area contributed by atoms with Gasteiger partial charge in [0.1, 0.15) is 12.2 Å². The fourth-order valence-corrected chi connectivity index (χ4v) is 4.91. The van der Waals surface area contributed by atoms with Crippen molar-refractivity contribution in [2.24, 2.45) is 5.92 Å². The zero-order chi connectivity index (χ0) is 21.4. The number of carbonyl (C=O) groups is 1. The smallest absolute Gasteiger partial charge is 0.302 e. The topological polar surface area (TPSA) is 89.9 Å². The highest BCUT2D eigenvalue weighted by atomic mass is 32.2. The van der Waals surface area contributed by atoms with Crippen LogP contribution in [-0.4, -0.2) is 37.8 Å². The summed E-state index contributed by atoms with van der Waals surface area (Å²) < 4.78 is 34.4. The number of aliphatic hydroxyl groups is 1.